The van der Waals surface area contributed by atoms with E-state index in [2.05, 4.69) is 32.9 Å². The van der Waals surface area contributed by atoms with Crippen LogP contribution < -0.4 is 0 Å². The molecule has 0 spiro atoms. The van der Waals surface area contributed by atoms with Gasteiger partial charge in [-0.1, -0.05) is 38.5 Å². The topological polar surface area (TPSA) is 17.1 Å². The maximum atomic E-state index is 11.8. The molecule has 1 heteroatoms. The molecule has 90 valence electrons. The number of allylic oxidation sites excluding steroid dienone is 4. The standard InChI is InChI=1S/C15H24O/c1-12-6-5-7-13(2)14(16)9-11-15(3,4)10-8-12/h8-9,11,13H,5-7,10H2,1-4H3/b11-9+,12-8+. The van der Waals surface area contributed by atoms with Crippen LogP contribution in [0.5, 0.6) is 0 Å². The number of carbonyl (C=O) groups is 1. The first-order valence-electron chi connectivity index (χ1n) is 6.29. The Hall–Kier alpha value is -0.850. The van der Waals surface area contributed by atoms with Gasteiger partial charge >= 0.3 is 0 Å². The summed E-state index contributed by atoms with van der Waals surface area (Å²) in [5.41, 5.74) is 1.56. The van der Waals surface area contributed by atoms with E-state index in [-0.39, 0.29) is 17.1 Å². The normalized spacial score (nSPS) is 32.4. The molecular formula is C15H24O. The molecule has 16 heavy (non-hydrogen) atoms. The van der Waals surface area contributed by atoms with Crippen molar-refractivity contribution in [1.29, 1.82) is 0 Å². The summed E-state index contributed by atoms with van der Waals surface area (Å²) in [6.45, 7) is 8.60. The van der Waals surface area contributed by atoms with E-state index in [1.165, 1.54) is 5.57 Å². The largest absolute Gasteiger partial charge is 0.295 e. The summed E-state index contributed by atoms with van der Waals surface area (Å²) in [6, 6.07) is 0. The van der Waals surface area contributed by atoms with Crippen molar-refractivity contribution in [2.75, 3.05) is 0 Å². The van der Waals surface area contributed by atoms with E-state index in [9.17, 15) is 4.79 Å². The van der Waals surface area contributed by atoms with Crippen molar-refractivity contribution in [2.45, 2.75) is 53.4 Å². The third kappa shape index (κ3) is 4.34. The summed E-state index contributed by atoms with van der Waals surface area (Å²) in [4.78, 5) is 11.8. The number of hydrogen-bond acceptors (Lipinski definition) is 1. The lowest BCUT2D eigenvalue weighted by Gasteiger charge is -2.18. The SMILES string of the molecule is C/C1=C\CC(C)(C)/C=C/C(=O)C(C)CCC1. The zero-order valence-electron chi connectivity index (χ0n) is 11.0. The van der Waals surface area contributed by atoms with Gasteiger partial charge in [-0.3, -0.25) is 4.79 Å². The molecule has 0 radical (unpaired) electrons. The second kappa shape index (κ2) is 5.47. The van der Waals surface area contributed by atoms with Crippen LogP contribution in [-0.2, 0) is 4.79 Å². The maximum absolute atomic E-state index is 11.8. The highest BCUT2D eigenvalue weighted by atomic mass is 16.1. The molecule has 1 rings (SSSR count). The first kappa shape index (κ1) is 13.2. The maximum Gasteiger partial charge on any atom is 0.158 e. The molecule has 1 atom stereocenters. The van der Waals surface area contributed by atoms with Crippen molar-refractivity contribution in [3.63, 3.8) is 0 Å². The molecule has 0 bridgehead atoms. The van der Waals surface area contributed by atoms with Crippen LogP contribution in [-0.4, -0.2) is 5.78 Å². The molecule has 0 aliphatic heterocycles. The third-order valence-corrected chi connectivity index (χ3v) is 3.37. The predicted molar refractivity (Wildman–Crippen MR) is 69.3 cm³/mol. The molecule has 1 unspecified atom stereocenters. The molecule has 0 aromatic rings. The monoisotopic (exact) mass is 220 g/mol. The molecule has 0 aromatic carbocycles. The zero-order chi connectivity index (χ0) is 12.2. The van der Waals surface area contributed by atoms with Crippen molar-refractivity contribution >= 4 is 5.78 Å². The molecule has 0 fully saturated rings. The summed E-state index contributed by atoms with van der Waals surface area (Å²) < 4.78 is 0. The van der Waals surface area contributed by atoms with Crippen molar-refractivity contribution in [1.82, 2.24) is 0 Å². The first-order valence-corrected chi connectivity index (χ1v) is 6.29. The Bertz CT molecular complexity index is 307. The Balaban J connectivity index is 2.83. The minimum atomic E-state index is 0.0982. The van der Waals surface area contributed by atoms with E-state index in [1.807, 2.05) is 6.92 Å². The van der Waals surface area contributed by atoms with E-state index in [0.717, 1.165) is 25.7 Å². The molecule has 1 nitrogen and oxygen atoms in total. The van der Waals surface area contributed by atoms with E-state index >= 15 is 0 Å². The van der Waals surface area contributed by atoms with Gasteiger partial charge in [-0.2, -0.15) is 0 Å². The summed E-state index contributed by atoms with van der Waals surface area (Å²) in [7, 11) is 0. The van der Waals surface area contributed by atoms with Gasteiger partial charge in [-0.05, 0) is 44.1 Å². The van der Waals surface area contributed by atoms with Crippen LogP contribution in [0.2, 0.25) is 0 Å². The lowest BCUT2D eigenvalue weighted by atomic mass is 9.87. The van der Waals surface area contributed by atoms with Crippen LogP contribution in [0.1, 0.15) is 53.4 Å². The van der Waals surface area contributed by atoms with Crippen molar-refractivity contribution in [2.24, 2.45) is 11.3 Å². The zero-order valence-corrected chi connectivity index (χ0v) is 11.0. The van der Waals surface area contributed by atoms with Gasteiger partial charge in [0.05, 0.1) is 0 Å². The fraction of sp³-hybridized carbons (Fsp3) is 0.667. The molecule has 0 N–H and O–H groups in total. The summed E-state index contributed by atoms with van der Waals surface area (Å²) in [5.74, 6) is 0.463. The highest BCUT2D eigenvalue weighted by Gasteiger charge is 2.16. The molecule has 0 aromatic heterocycles. The Morgan fingerprint density at radius 1 is 1.38 bits per heavy atom. The minimum absolute atomic E-state index is 0.0982. The van der Waals surface area contributed by atoms with Crippen molar-refractivity contribution < 1.29 is 4.79 Å². The second-order valence-electron chi connectivity index (χ2n) is 5.77. The Morgan fingerprint density at radius 2 is 2.06 bits per heavy atom. The second-order valence-corrected chi connectivity index (χ2v) is 5.77. The van der Waals surface area contributed by atoms with E-state index in [0.29, 0.717) is 0 Å². The number of hydrogen-bond donors (Lipinski definition) is 0. The first-order chi connectivity index (χ1) is 7.41. The van der Waals surface area contributed by atoms with Gasteiger partial charge in [0.2, 0.25) is 0 Å². The lowest BCUT2D eigenvalue weighted by Crippen LogP contribution is -2.10. The Morgan fingerprint density at radius 3 is 2.75 bits per heavy atom. The predicted octanol–water partition coefficient (Wildman–Crippen LogP) is 4.29. The number of rotatable bonds is 0. The molecule has 1 aliphatic carbocycles. The molecular weight excluding hydrogens is 196 g/mol. The lowest BCUT2D eigenvalue weighted by molar-refractivity contribution is -0.118. The van der Waals surface area contributed by atoms with Gasteiger partial charge < -0.3 is 0 Å². The van der Waals surface area contributed by atoms with Crippen LogP contribution in [0, 0.1) is 11.3 Å². The van der Waals surface area contributed by atoms with Crippen LogP contribution in [0.3, 0.4) is 0 Å². The third-order valence-electron chi connectivity index (χ3n) is 3.37. The average molecular weight is 220 g/mol. The summed E-state index contributed by atoms with van der Waals surface area (Å²) in [6.07, 6.45) is 10.5. The van der Waals surface area contributed by atoms with Gasteiger partial charge in [-0.15, -0.1) is 0 Å². The highest BCUT2D eigenvalue weighted by Crippen LogP contribution is 2.26. The number of carbonyl (C=O) groups excluding carboxylic acids is 1. The molecule has 1 aliphatic rings. The van der Waals surface area contributed by atoms with E-state index in [1.54, 1.807) is 6.08 Å². The quantitative estimate of drug-likeness (QED) is 0.556. The summed E-state index contributed by atoms with van der Waals surface area (Å²) in [5, 5.41) is 0. The van der Waals surface area contributed by atoms with Crippen molar-refractivity contribution in [3.8, 4) is 0 Å². The van der Waals surface area contributed by atoms with Gasteiger partial charge in [0, 0.05) is 5.92 Å². The van der Waals surface area contributed by atoms with Crippen LogP contribution in [0.25, 0.3) is 0 Å². The van der Waals surface area contributed by atoms with E-state index < -0.39 is 0 Å². The number of ketones is 1. The Labute approximate surface area is 99.6 Å². The molecule has 0 amide bonds. The fourth-order valence-corrected chi connectivity index (χ4v) is 1.91. The average Bonchev–Trinajstić information content (AvgIpc) is 2.23. The fourth-order valence-electron chi connectivity index (χ4n) is 1.91. The Kier molecular flexibility index (Phi) is 4.52. The molecule has 0 saturated heterocycles. The smallest absolute Gasteiger partial charge is 0.158 e. The minimum Gasteiger partial charge on any atom is -0.295 e. The van der Waals surface area contributed by atoms with Crippen LogP contribution >= 0.6 is 0 Å². The molecule has 0 heterocycles. The van der Waals surface area contributed by atoms with Crippen molar-refractivity contribution in [3.05, 3.63) is 23.8 Å². The van der Waals surface area contributed by atoms with Crippen LogP contribution in [0.4, 0.5) is 0 Å². The van der Waals surface area contributed by atoms with Gasteiger partial charge in [0.1, 0.15) is 0 Å². The molecule has 0 saturated carbocycles. The van der Waals surface area contributed by atoms with Gasteiger partial charge in [0.25, 0.3) is 0 Å². The van der Waals surface area contributed by atoms with Gasteiger partial charge in [-0.25, -0.2) is 0 Å². The highest BCUT2D eigenvalue weighted by molar-refractivity contribution is 5.91. The van der Waals surface area contributed by atoms with E-state index in [4.69, 9.17) is 0 Å². The van der Waals surface area contributed by atoms with Crippen LogP contribution in [0.15, 0.2) is 23.8 Å². The van der Waals surface area contributed by atoms with Gasteiger partial charge in [0.15, 0.2) is 5.78 Å². The summed E-state index contributed by atoms with van der Waals surface area (Å²) >= 11 is 0.